The molecule has 0 aliphatic carbocycles. The van der Waals surface area contributed by atoms with Gasteiger partial charge in [0.1, 0.15) is 0 Å². The maximum absolute atomic E-state index is 12.3. The number of anilines is 1. The number of aliphatic hydroxyl groups excluding tert-OH is 1. The van der Waals surface area contributed by atoms with E-state index in [-0.39, 0.29) is 23.5 Å². The van der Waals surface area contributed by atoms with Crippen molar-refractivity contribution in [2.24, 2.45) is 11.3 Å². The topological polar surface area (TPSA) is 65.5 Å². The lowest BCUT2D eigenvalue weighted by atomic mass is 9.91. The molecule has 0 aromatic carbocycles. The Morgan fingerprint density at radius 3 is 2.95 bits per heavy atom. The lowest BCUT2D eigenvalue weighted by Gasteiger charge is -2.33. The van der Waals surface area contributed by atoms with E-state index in [9.17, 15) is 9.90 Å². The van der Waals surface area contributed by atoms with Crippen molar-refractivity contribution in [2.45, 2.75) is 53.1 Å². The third kappa shape index (κ3) is 4.95. The molecular formula is C16H27N3O2S. The van der Waals surface area contributed by atoms with E-state index in [0.29, 0.717) is 11.7 Å². The third-order valence-electron chi connectivity index (χ3n) is 3.90. The number of hydrogen-bond donors (Lipinski definition) is 2. The largest absolute Gasteiger partial charge is 0.393 e. The van der Waals surface area contributed by atoms with Gasteiger partial charge in [0, 0.05) is 24.4 Å². The lowest BCUT2D eigenvalue weighted by molar-refractivity contribution is 0.0766. The molecule has 1 saturated heterocycles. The molecule has 2 N–H and O–H groups in total. The fourth-order valence-electron chi connectivity index (χ4n) is 2.75. The Balaban J connectivity index is 1.91. The van der Waals surface area contributed by atoms with Crippen LogP contribution in [0.4, 0.5) is 9.93 Å². The first-order valence-corrected chi connectivity index (χ1v) is 8.81. The molecule has 6 heteroatoms. The molecule has 124 valence electrons. The second-order valence-corrected chi connectivity index (χ2v) is 8.26. The standard InChI is InChI=1S/C16H27N3O2S/c1-11(20)12-6-5-7-19(9-12)15(21)18-14-17-13(10-22-14)8-16(2,3)4/h10-12,20H,5-9H2,1-4H3,(H,17,18,21). The van der Waals surface area contributed by atoms with Crippen LogP contribution in [-0.2, 0) is 6.42 Å². The van der Waals surface area contributed by atoms with Gasteiger partial charge in [-0.05, 0) is 31.6 Å². The maximum atomic E-state index is 12.3. The average Bonchev–Trinajstić information content (AvgIpc) is 2.83. The molecule has 1 aliphatic heterocycles. The van der Waals surface area contributed by atoms with E-state index in [1.54, 1.807) is 11.8 Å². The number of nitrogens with zero attached hydrogens (tertiary/aromatic N) is 2. The van der Waals surface area contributed by atoms with Gasteiger partial charge in [0.2, 0.25) is 0 Å². The van der Waals surface area contributed by atoms with E-state index in [1.165, 1.54) is 11.3 Å². The lowest BCUT2D eigenvalue weighted by Crippen LogP contribution is -2.44. The molecule has 1 fully saturated rings. The van der Waals surface area contributed by atoms with Crippen molar-refractivity contribution in [1.82, 2.24) is 9.88 Å². The third-order valence-corrected chi connectivity index (χ3v) is 4.71. The molecule has 0 radical (unpaired) electrons. The first-order chi connectivity index (χ1) is 10.2. The summed E-state index contributed by atoms with van der Waals surface area (Å²) in [6, 6.07) is -0.109. The van der Waals surface area contributed by atoms with E-state index in [1.807, 2.05) is 5.38 Å². The van der Waals surface area contributed by atoms with Crippen LogP contribution in [0.3, 0.4) is 0 Å². The molecule has 5 nitrogen and oxygen atoms in total. The average molecular weight is 325 g/mol. The molecule has 0 bridgehead atoms. The quantitative estimate of drug-likeness (QED) is 0.895. The summed E-state index contributed by atoms with van der Waals surface area (Å²) in [5, 5.41) is 15.3. The Morgan fingerprint density at radius 1 is 1.59 bits per heavy atom. The van der Waals surface area contributed by atoms with Gasteiger partial charge < -0.3 is 10.0 Å². The minimum absolute atomic E-state index is 0.109. The summed E-state index contributed by atoms with van der Waals surface area (Å²) in [5.74, 6) is 0.173. The molecule has 2 atom stereocenters. The highest BCUT2D eigenvalue weighted by molar-refractivity contribution is 7.13. The van der Waals surface area contributed by atoms with Crippen LogP contribution in [0.5, 0.6) is 0 Å². The second-order valence-electron chi connectivity index (χ2n) is 7.40. The number of likely N-dealkylation sites (tertiary alicyclic amines) is 1. The van der Waals surface area contributed by atoms with Gasteiger partial charge in [0.05, 0.1) is 11.8 Å². The number of hydrogen-bond acceptors (Lipinski definition) is 4. The first kappa shape index (κ1) is 17.2. The summed E-state index contributed by atoms with van der Waals surface area (Å²) >= 11 is 1.47. The molecule has 1 aromatic rings. The molecule has 0 spiro atoms. The molecule has 1 aromatic heterocycles. The maximum Gasteiger partial charge on any atom is 0.323 e. The summed E-state index contributed by atoms with van der Waals surface area (Å²) in [7, 11) is 0. The Hall–Kier alpha value is -1.14. The van der Waals surface area contributed by atoms with Crippen molar-refractivity contribution in [3.63, 3.8) is 0 Å². The Kier molecular flexibility index (Phi) is 5.45. The number of amides is 2. The zero-order valence-corrected chi connectivity index (χ0v) is 14.7. The molecule has 2 unspecified atom stereocenters. The molecule has 2 amide bonds. The predicted octanol–water partition coefficient (Wildman–Crippen LogP) is 3.36. The van der Waals surface area contributed by atoms with Crippen molar-refractivity contribution in [2.75, 3.05) is 18.4 Å². The van der Waals surface area contributed by atoms with Gasteiger partial charge in [-0.3, -0.25) is 5.32 Å². The van der Waals surface area contributed by atoms with Crippen LogP contribution in [0.15, 0.2) is 5.38 Å². The Labute approximate surface area is 136 Å². The van der Waals surface area contributed by atoms with Crippen molar-refractivity contribution >= 4 is 22.5 Å². The number of aromatic nitrogens is 1. The summed E-state index contributed by atoms with van der Waals surface area (Å²) in [4.78, 5) is 18.6. The number of aliphatic hydroxyl groups is 1. The number of nitrogens with one attached hydrogen (secondary N) is 1. The smallest absolute Gasteiger partial charge is 0.323 e. The number of carbonyl (C=O) groups is 1. The molecule has 0 saturated carbocycles. The van der Waals surface area contributed by atoms with E-state index in [0.717, 1.165) is 31.5 Å². The zero-order valence-electron chi connectivity index (χ0n) is 13.9. The van der Waals surface area contributed by atoms with Crippen LogP contribution >= 0.6 is 11.3 Å². The highest BCUT2D eigenvalue weighted by atomic mass is 32.1. The van der Waals surface area contributed by atoms with Crippen LogP contribution in [0.1, 0.15) is 46.2 Å². The van der Waals surface area contributed by atoms with E-state index in [2.05, 4.69) is 31.1 Å². The van der Waals surface area contributed by atoms with Crippen LogP contribution in [-0.4, -0.2) is 40.2 Å². The zero-order chi connectivity index (χ0) is 16.3. The van der Waals surface area contributed by atoms with E-state index >= 15 is 0 Å². The fraction of sp³-hybridized carbons (Fsp3) is 0.750. The highest BCUT2D eigenvalue weighted by Gasteiger charge is 2.27. The molecular weight excluding hydrogens is 298 g/mol. The number of urea groups is 1. The molecule has 2 heterocycles. The summed E-state index contributed by atoms with van der Waals surface area (Å²) in [6.45, 7) is 9.68. The second kappa shape index (κ2) is 6.96. The minimum Gasteiger partial charge on any atom is -0.393 e. The van der Waals surface area contributed by atoms with Gasteiger partial charge >= 0.3 is 6.03 Å². The van der Waals surface area contributed by atoms with Gasteiger partial charge in [0.25, 0.3) is 0 Å². The van der Waals surface area contributed by atoms with Crippen molar-refractivity contribution < 1.29 is 9.90 Å². The van der Waals surface area contributed by atoms with Gasteiger partial charge in [-0.2, -0.15) is 0 Å². The van der Waals surface area contributed by atoms with Crippen LogP contribution in [0.2, 0.25) is 0 Å². The van der Waals surface area contributed by atoms with Crippen LogP contribution in [0.25, 0.3) is 0 Å². The van der Waals surface area contributed by atoms with Gasteiger partial charge in [-0.15, -0.1) is 11.3 Å². The predicted molar refractivity (Wildman–Crippen MR) is 90.3 cm³/mol. The normalized spacial score (nSPS) is 20.8. The first-order valence-electron chi connectivity index (χ1n) is 7.93. The van der Waals surface area contributed by atoms with Crippen molar-refractivity contribution in [1.29, 1.82) is 0 Å². The number of piperidine rings is 1. The molecule has 22 heavy (non-hydrogen) atoms. The van der Waals surface area contributed by atoms with Crippen LogP contribution < -0.4 is 5.32 Å². The number of thiazole rings is 1. The number of carbonyl (C=O) groups excluding carboxylic acids is 1. The molecule has 1 aliphatic rings. The van der Waals surface area contributed by atoms with E-state index < -0.39 is 0 Å². The van der Waals surface area contributed by atoms with Crippen molar-refractivity contribution in [3.8, 4) is 0 Å². The Morgan fingerprint density at radius 2 is 2.32 bits per heavy atom. The minimum atomic E-state index is -0.367. The van der Waals surface area contributed by atoms with E-state index in [4.69, 9.17) is 0 Å². The molecule has 2 rings (SSSR count). The van der Waals surface area contributed by atoms with Crippen molar-refractivity contribution in [3.05, 3.63) is 11.1 Å². The Bertz CT molecular complexity index is 508. The van der Waals surface area contributed by atoms with Crippen LogP contribution in [0, 0.1) is 11.3 Å². The fourth-order valence-corrected chi connectivity index (χ4v) is 3.45. The highest BCUT2D eigenvalue weighted by Crippen LogP contribution is 2.25. The number of rotatable bonds is 3. The SMILES string of the molecule is CC(O)C1CCCN(C(=O)Nc2nc(CC(C)(C)C)cs2)C1. The monoisotopic (exact) mass is 325 g/mol. The van der Waals surface area contributed by atoms with Gasteiger partial charge in [0.15, 0.2) is 5.13 Å². The van der Waals surface area contributed by atoms with Gasteiger partial charge in [-0.25, -0.2) is 9.78 Å². The summed E-state index contributed by atoms with van der Waals surface area (Å²) in [5.41, 5.74) is 1.21. The summed E-state index contributed by atoms with van der Waals surface area (Å²) < 4.78 is 0. The summed E-state index contributed by atoms with van der Waals surface area (Å²) in [6.07, 6.45) is 2.45. The van der Waals surface area contributed by atoms with Gasteiger partial charge in [-0.1, -0.05) is 20.8 Å².